The van der Waals surface area contributed by atoms with Crippen molar-refractivity contribution in [2.45, 2.75) is 13.5 Å². The fraction of sp³-hybridized carbons (Fsp3) is 0.222. The van der Waals surface area contributed by atoms with Gasteiger partial charge in [-0.2, -0.15) is 0 Å². The number of nitrogens with two attached hydrogens (primary N) is 1. The van der Waals surface area contributed by atoms with Gasteiger partial charge in [-0.3, -0.25) is 4.79 Å². The SMILES string of the molecule is Cc1ccc(C(=O)NCc2ccc(NC(=O)NCCN)cc2)cc1. The maximum Gasteiger partial charge on any atom is 0.319 e. The summed E-state index contributed by atoms with van der Waals surface area (Å²) in [5, 5.41) is 8.20. The number of amides is 3. The number of benzene rings is 2. The van der Waals surface area contributed by atoms with Gasteiger partial charge < -0.3 is 21.7 Å². The normalized spacial score (nSPS) is 10.1. The molecule has 2 aromatic rings. The Bertz CT molecular complexity index is 681. The molecule has 0 unspecified atom stereocenters. The molecule has 0 aliphatic heterocycles. The molecule has 126 valence electrons. The average Bonchev–Trinajstić information content (AvgIpc) is 2.59. The number of anilines is 1. The Morgan fingerprint density at radius 3 is 2.25 bits per heavy atom. The van der Waals surface area contributed by atoms with E-state index in [4.69, 9.17) is 5.73 Å². The third-order valence-corrected chi connectivity index (χ3v) is 3.41. The Hall–Kier alpha value is -2.86. The number of carbonyl (C=O) groups excluding carboxylic acids is 2. The minimum atomic E-state index is -0.291. The van der Waals surface area contributed by atoms with Crippen LogP contribution in [-0.2, 0) is 6.54 Å². The molecule has 0 bridgehead atoms. The van der Waals surface area contributed by atoms with E-state index in [0.717, 1.165) is 11.1 Å². The summed E-state index contributed by atoms with van der Waals surface area (Å²) in [6.07, 6.45) is 0. The molecule has 0 aliphatic rings. The highest BCUT2D eigenvalue weighted by molar-refractivity contribution is 5.94. The predicted molar refractivity (Wildman–Crippen MR) is 94.9 cm³/mol. The Morgan fingerprint density at radius 2 is 1.62 bits per heavy atom. The first-order valence-electron chi connectivity index (χ1n) is 7.77. The second-order valence-electron chi connectivity index (χ2n) is 5.42. The van der Waals surface area contributed by atoms with Crippen LogP contribution >= 0.6 is 0 Å². The molecular weight excluding hydrogens is 304 g/mol. The van der Waals surface area contributed by atoms with Crippen molar-refractivity contribution >= 4 is 17.6 Å². The molecule has 24 heavy (non-hydrogen) atoms. The molecule has 6 nitrogen and oxygen atoms in total. The number of nitrogens with one attached hydrogen (secondary N) is 3. The minimum Gasteiger partial charge on any atom is -0.348 e. The van der Waals surface area contributed by atoms with Crippen LogP contribution in [0.15, 0.2) is 48.5 Å². The minimum absolute atomic E-state index is 0.113. The van der Waals surface area contributed by atoms with Gasteiger partial charge in [0.2, 0.25) is 0 Å². The summed E-state index contributed by atoms with van der Waals surface area (Å²) in [6, 6.07) is 14.4. The number of rotatable bonds is 6. The molecule has 0 saturated carbocycles. The number of urea groups is 1. The summed E-state index contributed by atoms with van der Waals surface area (Å²) >= 11 is 0. The highest BCUT2D eigenvalue weighted by Crippen LogP contribution is 2.10. The van der Waals surface area contributed by atoms with Crippen LogP contribution in [0.2, 0.25) is 0 Å². The average molecular weight is 326 g/mol. The van der Waals surface area contributed by atoms with E-state index in [1.54, 1.807) is 24.3 Å². The van der Waals surface area contributed by atoms with Gasteiger partial charge in [0.15, 0.2) is 0 Å². The molecule has 0 fully saturated rings. The predicted octanol–water partition coefficient (Wildman–Crippen LogP) is 2.01. The van der Waals surface area contributed by atoms with Crippen LogP contribution in [0.3, 0.4) is 0 Å². The molecule has 5 N–H and O–H groups in total. The van der Waals surface area contributed by atoms with Gasteiger partial charge in [-0.25, -0.2) is 4.79 Å². The molecule has 0 aliphatic carbocycles. The zero-order valence-corrected chi connectivity index (χ0v) is 13.6. The summed E-state index contributed by atoms with van der Waals surface area (Å²) in [4.78, 5) is 23.6. The van der Waals surface area contributed by atoms with E-state index in [-0.39, 0.29) is 11.9 Å². The second kappa shape index (κ2) is 8.69. The van der Waals surface area contributed by atoms with Crippen molar-refractivity contribution in [3.63, 3.8) is 0 Å². The Labute approximate surface area is 141 Å². The molecule has 3 amide bonds. The topological polar surface area (TPSA) is 96.2 Å². The summed E-state index contributed by atoms with van der Waals surface area (Å²) in [5.74, 6) is -0.113. The first kappa shape index (κ1) is 17.5. The lowest BCUT2D eigenvalue weighted by Crippen LogP contribution is -2.32. The number of carbonyl (C=O) groups is 2. The highest BCUT2D eigenvalue weighted by Gasteiger charge is 2.05. The Kier molecular flexibility index (Phi) is 6.33. The first-order chi connectivity index (χ1) is 11.6. The fourth-order valence-corrected chi connectivity index (χ4v) is 2.06. The van der Waals surface area contributed by atoms with Crippen LogP contribution in [0.5, 0.6) is 0 Å². The standard InChI is InChI=1S/C18H22N4O2/c1-13-2-6-15(7-3-13)17(23)21-12-14-4-8-16(9-5-14)22-18(24)20-11-10-19/h2-9H,10-12,19H2,1H3,(H,21,23)(H2,20,22,24). The zero-order chi connectivity index (χ0) is 17.4. The lowest BCUT2D eigenvalue weighted by atomic mass is 10.1. The van der Waals surface area contributed by atoms with E-state index >= 15 is 0 Å². The van der Waals surface area contributed by atoms with Crippen molar-refractivity contribution in [1.82, 2.24) is 10.6 Å². The summed E-state index contributed by atoms with van der Waals surface area (Å²) in [7, 11) is 0. The lowest BCUT2D eigenvalue weighted by Gasteiger charge is -2.09. The second-order valence-corrected chi connectivity index (χ2v) is 5.42. The highest BCUT2D eigenvalue weighted by atomic mass is 16.2. The molecule has 2 rings (SSSR count). The van der Waals surface area contributed by atoms with Gasteiger partial charge in [-0.1, -0.05) is 29.8 Å². The molecule has 0 spiro atoms. The third kappa shape index (κ3) is 5.40. The van der Waals surface area contributed by atoms with Crippen molar-refractivity contribution in [3.05, 3.63) is 65.2 Å². The van der Waals surface area contributed by atoms with Gasteiger partial charge in [0.25, 0.3) is 5.91 Å². The largest absolute Gasteiger partial charge is 0.348 e. The number of aryl methyl sites for hydroxylation is 1. The van der Waals surface area contributed by atoms with Crippen molar-refractivity contribution in [2.75, 3.05) is 18.4 Å². The quantitative estimate of drug-likeness (QED) is 0.654. The van der Waals surface area contributed by atoms with E-state index in [1.807, 2.05) is 31.2 Å². The van der Waals surface area contributed by atoms with E-state index in [2.05, 4.69) is 16.0 Å². The molecule has 6 heteroatoms. The van der Waals surface area contributed by atoms with Crippen molar-refractivity contribution in [2.24, 2.45) is 5.73 Å². The molecular formula is C18H22N4O2. The smallest absolute Gasteiger partial charge is 0.319 e. The van der Waals surface area contributed by atoms with Crippen LogP contribution in [0.25, 0.3) is 0 Å². The zero-order valence-electron chi connectivity index (χ0n) is 13.6. The molecule has 0 radical (unpaired) electrons. The molecule has 0 saturated heterocycles. The van der Waals surface area contributed by atoms with E-state index < -0.39 is 0 Å². The van der Waals surface area contributed by atoms with Gasteiger partial charge in [0.1, 0.15) is 0 Å². The molecule has 2 aromatic carbocycles. The van der Waals surface area contributed by atoms with E-state index in [1.165, 1.54) is 0 Å². The van der Waals surface area contributed by atoms with Gasteiger partial charge >= 0.3 is 6.03 Å². The number of hydrogen-bond donors (Lipinski definition) is 4. The molecule has 0 heterocycles. The van der Waals surface area contributed by atoms with Crippen LogP contribution in [0.1, 0.15) is 21.5 Å². The fourth-order valence-electron chi connectivity index (χ4n) is 2.06. The van der Waals surface area contributed by atoms with Crippen LogP contribution in [-0.4, -0.2) is 25.0 Å². The van der Waals surface area contributed by atoms with E-state index in [0.29, 0.717) is 30.9 Å². The van der Waals surface area contributed by atoms with Crippen molar-refractivity contribution < 1.29 is 9.59 Å². The third-order valence-electron chi connectivity index (χ3n) is 3.41. The van der Waals surface area contributed by atoms with Crippen molar-refractivity contribution in [1.29, 1.82) is 0 Å². The van der Waals surface area contributed by atoms with Crippen LogP contribution < -0.4 is 21.7 Å². The summed E-state index contributed by atoms with van der Waals surface area (Å²) < 4.78 is 0. The van der Waals surface area contributed by atoms with Gasteiger partial charge in [0.05, 0.1) is 0 Å². The molecule has 0 aromatic heterocycles. The van der Waals surface area contributed by atoms with E-state index in [9.17, 15) is 9.59 Å². The first-order valence-corrected chi connectivity index (χ1v) is 7.77. The lowest BCUT2D eigenvalue weighted by molar-refractivity contribution is 0.0951. The molecule has 0 atom stereocenters. The van der Waals surface area contributed by atoms with Crippen molar-refractivity contribution in [3.8, 4) is 0 Å². The van der Waals surface area contributed by atoms with Gasteiger partial charge in [0, 0.05) is 30.9 Å². The van der Waals surface area contributed by atoms with Gasteiger partial charge in [-0.15, -0.1) is 0 Å². The maximum atomic E-state index is 12.1. The Morgan fingerprint density at radius 1 is 0.958 bits per heavy atom. The van der Waals surface area contributed by atoms with Crippen LogP contribution in [0, 0.1) is 6.92 Å². The van der Waals surface area contributed by atoms with Crippen LogP contribution in [0.4, 0.5) is 10.5 Å². The summed E-state index contributed by atoms with van der Waals surface area (Å²) in [5.41, 5.74) is 8.70. The Balaban J connectivity index is 1.84. The number of hydrogen-bond acceptors (Lipinski definition) is 3. The summed E-state index contributed by atoms with van der Waals surface area (Å²) in [6.45, 7) is 3.22. The maximum absolute atomic E-state index is 12.1. The van der Waals surface area contributed by atoms with Gasteiger partial charge in [-0.05, 0) is 36.8 Å². The monoisotopic (exact) mass is 326 g/mol.